The summed E-state index contributed by atoms with van der Waals surface area (Å²) in [5, 5.41) is 12.2. The van der Waals surface area contributed by atoms with Crippen molar-refractivity contribution >= 4 is 52.9 Å². The van der Waals surface area contributed by atoms with Gasteiger partial charge < -0.3 is 15.2 Å². The number of aromatic nitrogens is 3. The van der Waals surface area contributed by atoms with Gasteiger partial charge in [0.2, 0.25) is 11.7 Å². The fourth-order valence-corrected chi connectivity index (χ4v) is 3.53. The summed E-state index contributed by atoms with van der Waals surface area (Å²) in [5.74, 6) is 1.83. The largest absolute Gasteiger partial charge is 0.357 e. The lowest BCUT2D eigenvalue weighted by Gasteiger charge is -2.09. The molecule has 2 heterocycles. The zero-order valence-corrected chi connectivity index (χ0v) is 20.4. The van der Waals surface area contributed by atoms with Crippen LogP contribution < -0.4 is 10.6 Å². The number of nitrogens with zero attached hydrogens (tertiary/aromatic N) is 4. The Morgan fingerprint density at radius 2 is 2.07 bits per heavy atom. The zero-order valence-electron chi connectivity index (χ0n) is 16.5. The molecule has 0 spiro atoms. The number of hydrogen-bond donors (Lipinski definition) is 2. The SMILES string of the molecule is CCNC(=NCc1nc(C)c(C)s1)NCCc1nc(-c2cccc(Cl)c2)no1.I. The molecule has 0 aliphatic rings. The fourth-order valence-electron chi connectivity index (χ4n) is 2.48. The Morgan fingerprint density at radius 3 is 2.76 bits per heavy atom. The third-order valence-electron chi connectivity index (χ3n) is 3.97. The lowest BCUT2D eigenvalue weighted by molar-refractivity contribution is 0.378. The molecule has 0 bridgehead atoms. The van der Waals surface area contributed by atoms with Crippen molar-refractivity contribution in [1.29, 1.82) is 0 Å². The number of aliphatic imine (C=N–C) groups is 1. The number of guanidine groups is 1. The van der Waals surface area contributed by atoms with Crippen LogP contribution in [-0.4, -0.2) is 34.2 Å². The first-order chi connectivity index (χ1) is 13.5. The van der Waals surface area contributed by atoms with Crippen molar-refractivity contribution < 1.29 is 4.52 Å². The van der Waals surface area contributed by atoms with Gasteiger partial charge in [-0.25, -0.2) is 9.98 Å². The molecule has 3 aromatic rings. The number of aryl methyl sites for hydroxylation is 2. The highest BCUT2D eigenvalue weighted by Gasteiger charge is 2.09. The van der Waals surface area contributed by atoms with E-state index in [1.165, 1.54) is 4.88 Å². The maximum atomic E-state index is 6.01. The van der Waals surface area contributed by atoms with Gasteiger partial charge in [-0.3, -0.25) is 0 Å². The van der Waals surface area contributed by atoms with Crippen LogP contribution in [0.4, 0.5) is 0 Å². The quantitative estimate of drug-likeness (QED) is 0.260. The smallest absolute Gasteiger partial charge is 0.228 e. The molecular weight excluding hydrogens is 523 g/mol. The first-order valence-corrected chi connectivity index (χ1v) is 10.3. The maximum Gasteiger partial charge on any atom is 0.228 e. The molecule has 0 saturated carbocycles. The van der Waals surface area contributed by atoms with Gasteiger partial charge in [0.05, 0.1) is 12.2 Å². The van der Waals surface area contributed by atoms with Crippen molar-refractivity contribution in [3.63, 3.8) is 0 Å². The number of thiazole rings is 1. The zero-order chi connectivity index (χ0) is 19.9. The molecule has 0 amide bonds. The van der Waals surface area contributed by atoms with E-state index in [1.807, 2.05) is 38.1 Å². The number of halogens is 2. The van der Waals surface area contributed by atoms with E-state index >= 15 is 0 Å². The van der Waals surface area contributed by atoms with Crippen LogP contribution >= 0.6 is 46.9 Å². The van der Waals surface area contributed by atoms with E-state index < -0.39 is 0 Å². The minimum absolute atomic E-state index is 0. The number of benzene rings is 1. The summed E-state index contributed by atoms with van der Waals surface area (Å²) in [6.45, 7) is 8.08. The predicted octanol–water partition coefficient (Wildman–Crippen LogP) is 4.38. The minimum atomic E-state index is 0. The van der Waals surface area contributed by atoms with E-state index in [0.29, 0.717) is 36.2 Å². The summed E-state index contributed by atoms with van der Waals surface area (Å²) in [7, 11) is 0. The van der Waals surface area contributed by atoms with Crippen LogP contribution in [0.25, 0.3) is 11.4 Å². The highest BCUT2D eigenvalue weighted by atomic mass is 127. The van der Waals surface area contributed by atoms with E-state index in [4.69, 9.17) is 16.1 Å². The summed E-state index contributed by atoms with van der Waals surface area (Å²) in [4.78, 5) is 14.8. The van der Waals surface area contributed by atoms with Crippen LogP contribution in [0.2, 0.25) is 5.02 Å². The fraction of sp³-hybridized carbons (Fsp3) is 0.368. The second-order valence-corrected chi connectivity index (χ2v) is 7.87. The van der Waals surface area contributed by atoms with Crippen molar-refractivity contribution in [2.24, 2.45) is 4.99 Å². The second kappa shape index (κ2) is 11.5. The average Bonchev–Trinajstić information content (AvgIpc) is 3.26. The van der Waals surface area contributed by atoms with Gasteiger partial charge in [0.1, 0.15) is 5.01 Å². The summed E-state index contributed by atoms with van der Waals surface area (Å²) >= 11 is 7.69. The molecule has 3 rings (SSSR count). The minimum Gasteiger partial charge on any atom is -0.357 e. The second-order valence-electron chi connectivity index (χ2n) is 6.14. The first-order valence-electron chi connectivity index (χ1n) is 9.08. The molecule has 10 heteroatoms. The summed E-state index contributed by atoms with van der Waals surface area (Å²) in [5.41, 5.74) is 1.90. The molecule has 29 heavy (non-hydrogen) atoms. The van der Waals surface area contributed by atoms with Crippen LogP contribution in [0, 0.1) is 13.8 Å². The highest BCUT2D eigenvalue weighted by Crippen LogP contribution is 2.20. The number of rotatable bonds is 7. The molecule has 0 fully saturated rings. The summed E-state index contributed by atoms with van der Waals surface area (Å²) in [6, 6.07) is 7.38. The first kappa shape index (κ1) is 23.6. The Labute approximate surface area is 196 Å². The Kier molecular flexibility index (Phi) is 9.31. The van der Waals surface area contributed by atoms with E-state index in [9.17, 15) is 0 Å². The molecule has 0 saturated heterocycles. The molecule has 0 aliphatic heterocycles. The molecule has 0 unspecified atom stereocenters. The Morgan fingerprint density at radius 1 is 1.24 bits per heavy atom. The molecule has 7 nitrogen and oxygen atoms in total. The van der Waals surface area contributed by atoms with Crippen LogP contribution in [0.5, 0.6) is 0 Å². The van der Waals surface area contributed by atoms with Gasteiger partial charge in [-0.2, -0.15) is 4.98 Å². The molecule has 0 aliphatic carbocycles. The number of nitrogens with one attached hydrogen (secondary N) is 2. The van der Waals surface area contributed by atoms with Crippen molar-refractivity contribution in [1.82, 2.24) is 25.8 Å². The van der Waals surface area contributed by atoms with Gasteiger partial charge in [-0.05, 0) is 32.9 Å². The van der Waals surface area contributed by atoms with E-state index in [-0.39, 0.29) is 24.0 Å². The number of hydrogen-bond acceptors (Lipinski definition) is 6. The van der Waals surface area contributed by atoms with Crippen LogP contribution in [0.15, 0.2) is 33.8 Å². The van der Waals surface area contributed by atoms with Gasteiger partial charge in [0.25, 0.3) is 0 Å². The molecule has 2 aromatic heterocycles. The third kappa shape index (κ3) is 6.93. The average molecular weight is 547 g/mol. The Balaban J connectivity index is 0.00000300. The monoisotopic (exact) mass is 546 g/mol. The van der Waals surface area contributed by atoms with Gasteiger partial charge in [0.15, 0.2) is 5.96 Å². The van der Waals surface area contributed by atoms with Crippen molar-refractivity contribution in [3.05, 3.63) is 50.8 Å². The van der Waals surface area contributed by atoms with Crippen molar-refractivity contribution in [2.75, 3.05) is 13.1 Å². The molecular formula is C19H24ClIN6OS. The molecule has 1 aromatic carbocycles. The van der Waals surface area contributed by atoms with E-state index in [1.54, 1.807) is 11.3 Å². The maximum absolute atomic E-state index is 6.01. The molecule has 0 radical (unpaired) electrons. The van der Waals surface area contributed by atoms with E-state index in [0.717, 1.165) is 28.8 Å². The Bertz CT molecular complexity index is 938. The van der Waals surface area contributed by atoms with Gasteiger partial charge in [-0.15, -0.1) is 35.3 Å². The Hall–Kier alpha value is -1.72. The highest BCUT2D eigenvalue weighted by molar-refractivity contribution is 14.0. The van der Waals surface area contributed by atoms with Gasteiger partial charge >= 0.3 is 0 Å². The summed E-state index contributed by atoms with van der Waals surface area (Å²) < 4.78 is 5.33. The van der Waals surface area contributed by atoms with Crippen LogP contribution in [0.1, 0.15) is 28.4 Å². The van der Waals surface area contributed by atoms with Crippen molar-refractivity contribution in [3.8, 4) is 11.4 Å². The lowest BCUT2D eigenvalue weighted by atomic mass is 10.2. The van der Waals surface area contributed by atoms with Crippen LogP contribution in [-0.2, 0) is 13.0 Å². The van der Waals surface area contributed by atoms with Gasteiger partial charge in [-0.1, -0.05) is 28.9 Å². The van der Waals surface area contributed by atoms with Gasteiger partial charge in [0, 0.05) is 35.0 Å². The van der Waals surface area contributed by atoms with Crippen LogP contribution in [0.3, 0.4) is 0 Å². The third-order valence-corrected chi connectivity index (χ3v) is 5.26. The normalized spacial score (nSPS) is 11.2. The molecule has 156 valence electrons. The lowest BCUT2D eigenvalue weighted by Crippen LogP contribution is -2.38. The van der Waals surface area contributed by atoms with Crippen molar-refractivity contribution in [2.45, 2.75) is 33.7 Å². The topological polar surface area (TPSA) is 88.2 Å². The molecule has 0 atom stereocenters. The molecule has 2 N–H and O–H groups in total. The standard InChI is InChI=1S/C19H23ClN6OS.HI/c1-4-21-19(23-11-17-24-12(2)13(3)28-17)22-9-8-16-25-18(26-27-16)14-6-5-7-15(20)10-14;/h5-7,10H,4,8-9,11H2,1-3H3,(H2,21,22,23);1H. The predicted molar refractivity (Wildman–Crippen MR) is 128 cm³/mol. The summed E-state index contributed by atoms with van der Waals surface area (Å²) in [6.07, 6.45) is 0.591. The van der Waals surface area contributed by atoms with E-state index in [2.05, 4.69) is 37.7 Å².